The van der Waals surface area contributed by atoms with Crippen LogP contribution in [0.25, 0.3) is 0 Å². The first-order chi connectivity index (χ1) is 7.67. The van der Waals surface area contributed by atoms with Gasteiger partial charge >= 0.3 is 0 Å². The number of hydrogen-bond donors (Lipinski definition) is 0. The lowest BCUT2D eigenvalue weighted by Crippen LogP contribution is -2.14. The summed E-state index contributed by atoms with van der Waals surface area (Å²) in [5.41, 5.74) is 2.72. The third kappa shape index (κ3) is 3.95. The van der Waals surface area contributed by atoms with Crippen molar-refractivity contribution in [2.24, 2.45) is 0 Å². The molecule has 0 saturated heterocycles. The Labute approximate surface area is 98.6 Å². The summed E-state index contributed by atoms with van der Waals surface area (Å²) in [7, 11) is 3.51. The lowest BCUT2D eigenvalue weighted by Gasteiger charge is -2.16. The third-order valence-electron chi connectivity index (χ3n) is 2.94. The maximum Gasteiger partial charge on any atom is 0.0583 e. The highest BCUT2D eigenvalue weighted by atomic mass is 16.5. The van der Waals surface area contributed by atoms with Crippen LogP contribution >= 0.6 is 0 Å². The second kappa shape index (κ2) is 6.66. The van der Waals surface area contributed by atoms with Crippen LogP contribution < -0.4 is 0 Å². The van der Waals surface area contributed by atoms with Crippen LogP contribution in [0, 0.1) is 0 Å². The normalized spacial score (nSPS) is 14.8. The van der Waals surface area contributed by atoms with Crippen molar-refractivity contribution in [2.45, 2.75) is 38.9 Å². The fourth-order valence-corrected chi connectivity index (χ4v) is 1.74. The standard InChI is InChI=1S/C14H22O2/c1-11(15-3)9-13-7-5-6-8-14(13)10-12(2)16-4/h5-8,11-12H,9-10H2,1-4H3. The Morgan fingerprint density at radius 3 is 1.56 bits per heavy atom. The summed E-state index contributed by atoms with van der Waals surface area (Å²) in [6.07, 6.45) is 2.45. The molecule has 1 aromatic rings. The average molecular weight is 222 g/mol. The molecule has 2 atom stereocenters. The van der Waals surface area contributed by atoms with E-state index in [0.717, 1.165) is 12.8 Å². The van der Waals surface area contributed by atoms with Gasteiger partial charge in [-0.25, -0.2) is 0 Å². The molecule has 1 rings (SSSR count). The maximum atomic E-state index is 5.31. The van der Waals surface area contributed by atoms with Gasteiger partial charge in [0.15, 0.2) is 0 Å². The lowest BCUT2D eigenvalue weighted by atomic mass is 9.98. The van der Waals surface area contributed by atoms with Crippen molar-refractivity contribution in [3.8, 4) is 0 Å². The minimum atomic E-state index is 0.263. The second-order valence-corrected chi connectivity index (χ2v) is 4.27. The lowest BCUT2D eigenvalue weighted by molar-refractivity contribution is 0.114. The van der Waals surface area contributed by atoms with E-state index in [1.54, 1.807) is 14.2 Å². The molecule has 0 aliphatic carbocycles. The van der Waals surface area contributed by atoms with Crippen molar-refractivity contribution in [1.82, 2.24) is 0 Å². The van der Waals surface area contributed by atoms with Crippen LogP contribution in [0.15, 0.2) is 24.3 Å². The molecule has 16 heavy (non-hydrogen) atoms. The van der Waals surface area contributed by atoms with Crippen LogP contribution in [0.4, 0.5) is 0 Å². The van der Waals surface area contributed by atoms with E-state index in [9.17, 15) is 0 Å². The number of ether oxygens (including phenoxy) is 2. The van der Waals surface area contributed by atoms with E-state index in [4.69, 9.17) is 9.47 Å². The largest absolute Gasteiger partial charge is 0.381 e. The molecule has 2 nitrogen and oxygen atoms in total. The summed E-state index contributed by atoms with van der Waals surface area (Å²) in [6.45, 7) is 4.19. The average Bonchev–Trinajstić information content (AvgIpc) is 2.31. The van der Waals surface area contributed by atoms with Crippen LogP contribution in [0.1, 0.15) is 25.0 Å². The Kier molecular flexibility index (Phi) is 5.50. The van der Waals surface area contributed by atoms with Gasteiger partial charge in [0, 0.05) is 14.2 Å². The van der Waals surface area contributed by atoms with Gasteiger partial charge < -0.3 is 9.47 Å². The first kappa shape index (κ1) is 13.2. The van der Waals surface area contributed by atoms with Crippen molar-refractivity contribution in [3.05, 3.63) is 35.4 Å². The van der Waals surface area contributed by atoms with E-state index in [-0.39, 0.29) is 12.2 Å². The van der Waals surface area contributed by atoms with Gasteiger partial charge in [-0.1, -0.05) is 24.3 Å². The van der Waals surface area contributed by atoms with Gasteiger partial charge in [0.05, 0.1) is 12.2 Å². The van der Waals surface area contributed by atoms with Crippen LogP contribution in [-0.2, 0) is 22.3 Å². The summed E-state index contributed by atoms with van der Waals surface area (Å²) < 4.78 is 10.6. The molecule has 0 radical (unpaired) electrons. The summed E-state index contributed by atoms with van der Waals surface area (Å²) >= 11 is 0. The molecule has 0 saturated carbocycles. The number of benzene rings is 1. The monoisotopic (exact) mass is 222 g/mol. The van der Waals surface area contributed by atoms with E-state index in [1.165, 1.54) is 11.1 Å². The topological polar surface area (TPSA) is 18.5 Å². The highest BCUT2D eigenvalue weighted by Gasteiger charge is 2.09. The molecule has 0 aromatic heterocycles. The Balaban J connectivity index is 2.75. The van der Waals surface area contributed by atoms with Gasteiger partial charge in [-0.05, 0) is 37.8 Å². The predicted octanol–water partition coefficient (Wildman–Crippen LogP) is 2.84. The first-order valence-corrected chi connectivity index (χ1v) is 5.79. The van der Waals surface area contributed by atoms with Gasteiger partial charge in [-0.2, -0.15) is 0 Å². The zero-order valence-corrected chi connectivity index (χ0v) is 10.7. The number of rotatable bonds is 6. The molecule has 0 aliphatic heterocycles. The van der Waals surface area contributed by atoms with E-state index in [2.05, 4.69) is 38.1 Å². The first-order valence-electron chi connectivity index (χ1n) is 5.79. The molecule has 0 heterocycles. The van der Waals surface area contributed by atoms with Gasteiger partial charge in [0.25, 0.3) is 0 Å². The molecule has 90 valence electrons. The molecule has 0 N–H and O–H groups in total. The Morgan fingerprint density at radius 1 is 0.875 bits per heavy atom. The highest BCUT2D eigenvalue weighted by molar-refractivity contribution is 5.28. The van der Waals surface area contributed by atoms with Crippen LogP contribution in [-0.4, -0.2) is 26.4 Å². The fourth-order valence-electron chi connectivity index (χ4n) is 1.74. The molecule has 0 amide bonds. The molecule has 0 bridgehead atoms. The Hall–Kier alpha value is -0.860. The molecular weight excluding hydrogens is 200 g/mol. The second-order valence-electron chi connectivity index (χ2n) is 4.27. The van der Waals surface area contributed by atoms with E-state index < -0.39 is 0 Å². The van der Waals surface area contributed by atoms with Gasteiger partial charge in [0.2, 0.25) is 0 Å². The third-order valence-corrected chi connectivity index (χ3v) is 2.94. The van der Waals surface area contributed by atoms with Crippen molar-refractivity contribution in [1.29, 1.82) is 0 Å². The van der Waals surface area contributed by atoms with Crippen molar-refractivity contribution >= 4 is 0 Å². The minimum Gasteiger partial charge on any atom is -0.381 e. The molecule has 2 heteroatoms. The zero-order chi connectivity index (χ0) is 12.0. The minimum absolute atomic E-state index is 0.263. The van der Waals surface area contributed by atoms with Crippen LogP contribution in [0.5, 0.6) is 0 Å². The number of methoxy groups -OCH3 is 2. The van der Waals surface area contributed by atoms with E-state index in [0.29, 0.717) is 0 Å². The molecule has 2 unspecified atom stereocenters. The SMILES string of the molecule is COC(C)Cc1ccccc1CC(C)OC. The Bertz CT molecular complexity index is 278. The van der Waals surface area contributed by atoms with E-state index >= 15 is 0 Å². The van der Waals surface area contributed by atoms with Crippen molar-refractivity contribution in [3.63, 3.8) is 0 Å². The maximum absolute atomic E-state index is 5.31. The van der Waals surface area contributed by atoms with Gasteiger partial charge in [-0.15, -0.1) is 0 Å². The van der Waals surface area contributed by atoms with Crippen LogP contribution in [0.2, 0.25) is 0 Å². The zero-order valence-electron chi connectivity index (χ0n) is 10.7. The molecular formula is C14H22O2. The molecule has 0 spiro atoms. The molecule has 0 fully saturated rings. The molecule has 1 aromatic carbocycles. The van der Waals surface area contributed by atoms with Crippen molar-refractivity contribution in [2.75, 3.05) is 14.2 Å². The van der Waals surface area contributed by atoms with Gasteiger partial charge in [-0.3, -0.25) is 0 Å². The summed E-state index contributed by atoms with van der Waals surface area (Å²) in [5.74, 6) is 0. The summed E-state index contributed by atoms with van der Waals surface area (Å²) in [5, 5.41) is 0. The Morgan fingerprint density at radius 2 is 1.25 bits per heavy atom. The smallest absolute Gasteiger partial charge is 0.0583 e. The molecule has 0 aliphatic rings. The fraction of sp³-hybridized carbons (Fsp3) is 0.571. The van der Waals surface area contributed by atoms with Gasteiger partial charge in [0.1, 0.15) is 0 Å². The predicted molar refractivity (Wildman–Crippen MR) is 66.8 cm³/mol. The van der Waals surface area contributed by atoms with Crippen molar-refractivity contribution < 1.29 is 9.47 Å². The summed E-state index contributed by atoms with van der Waals surface area (Å²) in [4.78, 5) is 0. The quantitative estimate of drug-likeness (QED) is 0.737. The summed E-state index contributed by atoms with van der Waals surface area (Å²) in [6, 6.07) is 8.51. The van der Waals surface area contributed by atoms with E-state index in [1.807, 2.05) is 0 Å². The number of hydrogen-bond acceptors (Lipinski definition) is 2. The highest BCUT2D eigenvalue weighted by Crippen LogP contribution is 2.15. The van der Waals surface area contributed by atoms with Crippen LogP contribution in [0.3, 0.4) is 0 Å².